The highest BCUT2D eigenvalue weighted by atomic mass is 16.6. The molecule has 2 heterocycles. The molecule has 2 rings (SSSR count). The summed E-state index contributed by atoms with van der Waals surface area (Å²) in [6.45, 7) is 6.64. The molecule has 104 valence electrons. The van der Waals surface area contributed by atoms with Crippen molar-refractivity contribution < 1.29 is 9.53 Å². The largest absolute Gasteiger partial charge is 0.444 e. The molecule has 0 aromatic carbocycles. The lowest BCUT2D eigenvalue weighted by Gasteiger charge is -2.26. The third-order valence-corrected chi connectivity index (χ3v) is 2.90. The normalized spacial score (nSPS) is 15.6. The number of aromatic amines is 1. The van der Waals surface area contributed by atoms with E-state index in [2.05, 4.69) is 10.2 Å². The Kier molecular flexibility index (Phi) is 3.59. The van der Waals surface area contributed by atoms with Crippen LogP contribution in [0.1, 0.15) is 32.0 Å². The molecule has 6 nitrogen and oxygen atoms in total. The van der Waals surface area contributed by atoms with Crippen LogP contribution in [0, 0.1) is 0 Å². The van der Waals surface area contributed by atoms with Crippen molar-refractivity contribution in [3.63, 3.8) is 0 Å². The molecule has 1 amide bonds. The van der Waals surface area contributed by atoms with E-state index in [0.717, 1.165) is 11.3 Å². The van der Waals surface area contributed by atoms with E-state index in [-0.39, 0.29) is 11.7 Å². The van der Waals surface area contributed by atoms with Gasteiger partial charge in [0.1, 0.15) is 5.60 Å². The Labute approximate surface area is 111 Å². The second-order valence-electron chi connectivity index (χ2n) is 5.67. The van der Waals surface area contributed by atoms with Crippen molar-refractivity contribution in [2.75, 3.05) is 13.1 Å². The average Bonchev–Trinajstić information content (AvgIpc) is 2.48. The van der Waals surface area contributed by atoms with E-state index >= 15 is 0 Å². The van der Waals surface area contributed by atoms with E-state index in [1.807, 2.05) is 20.8 Å². The standard InChI is InChI=1S/C13H19N3O3/c1-13(2,3)19-12(18)16-6-4-9-8-11(17)15-14-10(9)5-7-16/h8H,4-7H2,1-3H3,(H,15,17). The number of nitrogens with zero attached hydrogens (tertiary/aromatic N) is 2. The van der Waals surface area contributed by atoms with Crippen molar-refractivity contribution in [3.8, 4) is 0 Å². The van der Waals surface area contributed by atoms with Crippen LogP contribution in [-0.2, 0) is 17.6 Å². The smallest absolute Gasteiger partial charge is 0.410 e. The van der Waals surface area contributed by atoms with E-state index < -0.39 is 5.60 Å². The summed E-state index contributed by atoms with van der Waals surface area (Å²) in [5, 5.41) is 6.46. The zero-order valence-corrected chi connectivity index (χ0v) is 11.5. The van der Waals surface area contributed by atoms with Crippen LogP contribution >= 0.6 is 0 Å². The Morgan fingerprint density at radius 1 is 1.37 bits per heavy atom. The van der Waals surface area contributed by atoms with Crippen molar-refractivity contribution in [2.45, 2.75) is 39.2 Å². The number of ether oxygens (including phenoxy) is 1. The summed E-state index contributed by atoms with van der Waals surface area (Å²) in [5.74, 6) is 0. The van der Waals surface area contributed by atoms with E-state index in [4.69, 9.17) is 4.74 Å². The number of carbonyl (C=O) groups excluding carboxylic acids is 1. The molecule has 0 radical (unpaired) electrons. The summed E-state index contributed by atoms with van der Waals surface area (Å²) in [6.07, 6.45) is 0.947. The van der Waals surface area contributed by atoms with Gasteiger partial charge in [-0.25, -0.2) is 9.89 Å². The molecule has 0 spiro atoms. The highest BCUT2D eigenvalue weighted by Crippen LogP contribution is 2.15. The van der Waals surface area contributed by atoms with Gasteiger partial charge in [-0.3, -0.25) is 4.79 Å². The van der Waals surface area contributed by atoms with Gasteiger partial charge in [0.05, 0.1) is 5.69 Å². The Hall–Kier alpha value is -1.85. The van der Waals surface area contributed by atoms with E-state index in [1.54, 1.807) is 11.0 Å². The van der Waals surface area contributed by atoms with Crippen LogP contribution in [0.4, 0.5) is 4.79 Å². The first-order chi connectivity index (χ1) is 8.85. The molecule has 0 bridgehead atoms. The lowest BCUT2D eigenvalue weighted by molar-refractivity contribution is 0.0258. The molecule has 0 atom stereocenters. The van der Waals surface area contributed by atoms with Gasteiger partial charge in [0.2, 0.25) is 0 Å². The van der Waals surface area contributed by atoms with Gasteiger partial charge in [-0.2, -0.15) is 5.10 Å². The monoisotopic (exact) mass is 265 g/mol. The van der Waals surface area contributed by atoms with Gasteiger partial charge in [0.25, 0.3) is 5.56 Å². The maximum atomic E-state index is 12.0. The molecule has 0 saturated heterocycles. The van der Waals surface area contributed by atoms with Crippen molar-refractivity contribution in [3.05, 3.63) is 27.7 Å². The van der Waals surface area contributed by atoms with Crippen molar-refractivity contribution in [1.82, 2.24) is 15.1 Å². The van der Waals surface area contributed by atoms with Crippen LogP contribution in [0.15, 0.2) is 10.9 Å². The lowest BCUT2D eigenvalue weighted by Crippen LogP contribution is -2.38. The third kappa shape index (κ3) is 3.56. The summed E-state index contributed by atoms with van der Waals surface area (Å²) >= 11 is 0. The first kappa shape index (κ1) is 13.6. The molecule has 1 N–H and O–H groups in total. The molecule has 1 aliphatic rings. The fourth-order valence-electron chi connectivity index (χ4n) is 2.02. The number of H-pyrrole nitrogens is 1. The fourth-order valence-corrected chi connectivity index (χ4v) is 2.02. The Bertz CT molecular complexity index is 531. The zero-order chi connectivity index (χ0) is 14.0. The number of aromatic nitrogens is 2. The number of rotatable bonds is 0. The van der Waals surface area contributed by atoms with Crippen LogP contribution in [0.3, 0.4) is 0 Å². The van der Waals surface area contributed by atoms with Crippen LogP contribution in [-0.4, -0.2) is 39.9 Å². The minimum absolute atomic E-state index is 0.204. The summed E-state index contributed by atoms with van der Waals surface area (Å²) in [4.78, 5) is 24.9. The first-order valence-electron chi connectivity index (χ1n) is 6.40. The molecule has 1 aromatic rings. The van der Waals surface area contributed by atoms with Crippen LogP contribution < -0.4 is 5.56 Å². The van der Waals surface area contributed by atoms with Gasteiger partial charge in [-0.1, -0.05) is 0 Å². The highest BCUT2D eigenvalue weighted by Gasteiger charge is 2.24. The predicted molar refractivity (Wildman–Crippen MR) is 70.1 cm³/mol. The minimum atomic E-state index is -0.496. The summed E-state index contributed by atoms with van der Waals surface area (Å²) in [6, 6.07) is 1.56. The Morgan fingerprint density at radius 2 is 2.05 bits per heavy atom. The fraction of sp³-hybridized carbons (Fsp3) is 0.615. The lowest BCUT2D eigenvalue weighted by atomic mass is 10.1. The molecule has 6 heteroatoms. The van der Waals surface area contributed by atoms with Gasteiger partial charge in [-0.05, 0) is 32.8 Å². The molecule has 0 fully saturated rings. The van der Waals surface area contributed by atoms with Crippen molar-refractivity contribution in [2.24, 2.45) is 0 Å². The maximum absolute atomic E-state index is 12.0. The van der Waals surface area contributed by atoms with E-state index in [0.29, 0.717) is 25.9 Å². The zero-order valence-electron chi connectivity index (χ0n) is 11.5. The van der Waals surface area contributed by atoms with Gasteiger partial charge >= 0.3 is 6.09 Å². The second-order valence-corrected chi connectivity index (χ2v) is 5.67. The van der Waals surface area contributed by atoms with E-state index in [1.165, 1.54) is 0 Å². The van der Waals surface area contributed by atoms with Crippen LogP contribution in [0.2, 0.25) is 0 Å². The number of carbonyl (C=O) groups is 1. The molecule has 1 aromatic heterocycles. The number of nitrogens with one attached hydrogen (secondary N) is 1. The van der Waals surface area contributed by atoms with Crippen LogP contribution in [0.5, 0.6) is 0 Å². The Balaban J connectivity index is 2.07. The van der Waals surface area contributed by atoms with Crippen molar-refractivity contribution in [1.29, 1.82) is 0 Å². The van der Waals surface area contributed by atoms with Gasteiger partial charge in [0.15, 0.2) is 0 Å². The minimum Gasteiger partial charge on any atom is -0.444 e. The first-order valence-corrected chi connectivity index (χ1v) is 6.40. The van der Waals surface area contributed by atoms with Crippen molar-refractivity contribution >= 4 is 6.09 Å². The molecule has 19 heavy (non-hydrogen) atoms. The summed E-state index contributed by atoms with van der Waals surface area (Å²) in [7, 11) is 0. The molecule has 0 unspecified atom stereocenters. The summed E-state index contributed by atoms with van der Waals surface area (Å²) < 4.78 is 5.35. The van der Waals surface area contributed by atoms with Gasteiger partial charge in [-0.15, -0.1) is 0 Å². The predicted octanol–water partition coefficient (Wildman–Crippen LogP) is 1.11. The average molecular weight is 265 g/mol. The molecular weight excluding hydrogens is 246 g/mol. The SMILES string of the molecule is CC(C)(C)OC(=O)N1CCc2cc(=O)[nH]nc2CC1. The molecule has 0 aliphatic carbocycles. The van der Waals surface area contributed by atoms with Gasteiger partial charge in [0, 0.05) is 25.6 Å². The number of fused-ring (bicyclic) bond motifs is 1. The van der Waals surface area contributed by atoms with E-state index in [9.17, 15) is 9.59 Å². The molecule has 1 aliphatic heterocycles. The Morgan fingerprint density at radius 3 is 2.74 bits per heavy atom. The van der Waals surface area contributed by atoms with Gasteiger partial charge < -0.3 is 9.64 Å². The molecule has 0 saturated carbocycles. The number of hydrogen-bond donors (Lipinski definition) is 1. The third-order valence-electron chi connectivity index (χ3n) is 2.90. The quantitative estimate of drug-likeness (QED) is 0.762. The topological polar surface area (TPSA) is 75.3 Å². The second kappa shape index (κ2) is 5.03. The summed E-state index contributed by atoms with van der Waals surface area (Å²) in [5.41, 5.74) is 1.06. The highest BCUT2D eigenvalue weighted by molar-refractivity contribution is 5.68. The number of hydrogen-bond acceptors (Lipinski definition) is 4. The number of amides is 1. The molecular formula is C13H19N3O3. The maximum Gasteiger partial charge on any atom is 0.410 e. The van der Waals surface area contributed by atoms with Crippen LogP contribution in [0.25, 0.3) is 0 Å².